The van der Waals surface area contributed by atoms with E-state index in [9.17, 15) is 9.59 Å². The minimum atomic E-state index is -2.27. The van der Waals surface area contributed by atoms with Crippen LogP contribution in [-0.2, 0) is 9.59 Å². The maximum absolute atomic E-state index is 9.77. The van der Waals surface area contributed by atoms with Crippen LogP contribution in [0.4, 0.5) is 0 Å². The Morgan fingerprint density at radius 1 is 0.846 bits per heavy atom. The first kappa shape index (κ1) is 23.6. The first-order chi connectivity index (χ1) is 4.46. The summed E-state index contributed by atoms with van der Waals surface area (Å²) in [6.07, 6.45) is -4.53. The Morgan fingerprint density at radius 2 is 1.00 bits per heavy atom. The number of carbonyl (C=O) groups is 2. The number of aliphatic carboxylic acids is 2. The van der Waals surface area contributed by atoms with Crippen LogP contribution in [0.15, 0.2) is 0 Å². The Hall–Kier alpha value is 0.820. The van der Waals surface area contributed by atoms with E-state index in [2.05, 4.69) is 0 Å². The molecular formula is C4H10Na2O7. The second-order valence-corrected chi connectivity index (χ2v) is 1.57. The molecule has 13 heavy (non-hydrogen) atoms. The van der Waals surface area contributed by atoms with Gasteiger partial charge in [-0.1, -0.05) is 0 Å². The zero-order valence-electron chi connectivity index (χ0n) is 5.26. The van der Waals surface area contributed by atoms with Gasteiger partial charge in [-0.3, -0.25) is 0 Å². The summed E-state index contributed by atoms with van der Waals surface area (Å²) in [7, 11) is 0. The summed E-state index contributed by atoms with van der Waals surface area (Å²) in [6, 6.07) is 0. The summed E-state index contributed by atoms with van der Waals surface area (Å²) < 4.78 is 0. The van der Waals surface area contributed by atoms with Gasteiger partial charge in [-0.15, -0.1) is 0 Å². The first-order valence-corrected chi connectivity index (χ1v) is 2.28. The van der Waals surface area contributed by atoms with Gasteiger partial charge in [0.1, 0.15) is 0 Å². The van der Waals surface area contributed by atoms with Gasteiger partial charge in [0.15, 0.2) is 12.2 Å². The Labute approximate surface area is 118 Å². The van der Waals surface area contributed by atoms with Crippen molar-refractivity contribution >= 4 is 71.1 Å². The molecule has 0 bridgehead atoms. The molecule has 6 N–H and O–H groups in total. The van der Waals surface area contributed by atoms with Crippen molar-refractivity contribution < 1.29 is 35.5 Å². The minimum absolute atomic E-state index is 0. The standard InChI is InChI=1S/C4H6O6.2Na.H2O.2H/c5-1(3(7)8)2(6)4(9)10;;;;;/h1-2,5-6H,(H,7,8)(H,9,10);;;1H2;;. The predicted molar refractivity (Wildman–Crippen MR) is 45.2 cm³/mol. The number of hydrogen-bond acceptors (Lipinski definition) is 4. The molecule has 0 amide bonds. The van der Waals surface area contributed by atoms with Crippen molar-refractivity contribution in [3.05, 3.63) is 0 Å². The molecule has 0 spiro atoms. The van der Waals surface area contributed by atoms with Crippen molar-refractivity contribution in [2.45, 2.75) is 12.2 Å². The molecule has 0 heterocycles. The third-order valence-electron chi connectivity index (χ3n) is 0.805. The Balaban J connectivity index is -0.000000135. The Bertz CT molecular complexity index is 143. The average Bonchev–Trinajstić information content (AvgIpc) is 1.84. The summed E-state index contributed by atoms with van der Waals surface area (Å²) in [5.74, 6) is -3.54. The summed E-state index contributed by atoms with van der Waals surface area (Å²) in [4.78, 5) is 19.5. The van der Waals surface area contributed by atoms with Crippen LogP contribution in [0.5, 0.6) is 0 Å². The van der Waals surface area contributed by atoms with E-state index in [-0.39, 0.29) is 64.6 Å². The molecule has 0 aromatic rings. The molecule has 0 saturated carbocycles. The van der Waals surface area contributed by atoms with E-state index < -0.39 is 24.1 Å². The van der Waals surface area contributed by atoms with E-state index in [1.165, 1.54) is 0 Å². The van der Waals surface area contributed by atoms with Crippen LogP contribution in [0.2, 0.25) is 0 Å². The van der Waals surface area contributed by atoms with Gasteiger partial charge in [0.05, 0.1) is 0 Å². The van der Waals surface area contributed by atoms with E-state index in [1.54, 1.807) is 0 Å². The number of carboxylic acid groups (broad SMARTS) is 2. The summed E-state index contributed by atoms with van der Waals surface area (Å²) >= 11 is 0. The van der Waals surface area contributed by atoms with Crippen molar-refractivity contribution in [3.63, 3.8) is 0 Å². The zero-order chi connectivity index (χ0) is 8.31. The predicted octanol–water partition coefficient (Wildman–Crippen LogP) is -4.24. The van der Waals surface area contributed by atoms with Crippen LogP contribution < -0.4 is 0 Å². The fraction of sp³-hybridized carbons (Fsp3) is 0.500. The molecule has 0 rings (SSSR count). The van der Waals surface area contributed by atoms with Gasteiger partial charge in [-0.05, 0) is 0 Å². The fourth-order valence-corrected chi connectivity index (χ4v) is 0.270. The van der Waals surface area contributed by atoms with Gasteiger partial charge in [0.2, 0.25) is 0 Å². The van der Waals surface area contributed by atoms with Gasteiger partial charge in [0, 0.05) is 0 Å². The average molecular weight is 216 g/mol. The third kappa shape index (κ3) is 9.13. The molecular weight excluding hydrogens is 206 g/mol. The molecule has 0 aliphatic rings. The Morgan fingerprint density at radius 3 is 1.08 bits per heavy atom. The monoisotopic (exact) mass is 216 g/mol. The van der Waals surface area contributed by atoms with Crippen molar-refractivity contribution in [1.82, 2.24) is 0 Å². The van der Waals surface area contributed by atoms with Crippen molar-refractivity contribution in [3.8, 4) is 0 Å². The second-order valence-electron chi connectivity index (χ2n) is 1.57. The summed E-state index contributed by atoms with van der Waals surface area (Å²) in [5.41, 5.74) is 0. The molecule has 0 aromatic heterocycles. The van der Waals surface area contributed by atoms with Gasteiger partial charge in [-0.25, -0.2) is 9.59 Å². The maximum atomic E-state index is 9.77. The van der Waals surface area contributed by atoms with E-state index >= 15 is 0 Å². The van der Waals surface area contributed by atoms with Crippen LogP contribution in [0.1, 0.15) is 0 Å². The molecule has 0 fully saturated rings. The van der Waals surface area contributed by atoms with Gasteiger partial charge >= 0.3 is 71.1 Å². The molecule has 0 aliphatic carbocycles. The van der Waals surface area contributed by atoms with Crippen molar-refractivity contribution in [2.24, 2.45) is 0 Å². The molecule has 0 saturated heterocycles. The van der Waals surface area contributed by atoms with Crippen LogP contribution in [-0.4, -0.2) is 109 Å². The number of rotatable bonds is 3. The van der Waals surface area contributed by atoms with Crippen LogP contribution >= 0.6 is 0 Å². The van der Waals surface area contributed by atoms with E-state index in [0.717, 1.165) is 0 Å². The van der Waals surface area contributed by atoms with Crippen LogP contribution in [0.3, 0.4) is 0 Å². The van der Waals surface area contributed by atoms with E-state index in [0.29, 0.717) is 0 Å². The number of aliphatic hydroxyl groups is 2. The SMILES string of the molecule is O.O=C(O)C(O)C(O)C(=O)O.[NaH].[NaH]. The summed E-state index contributed by atoms with van der Waals surface area (Å²) in [5, 5.41) is 32.5. The molecule has 2 atom stereocenters. The third-order valence-corrected chi connectivity index (χ3v) is 0.805. The van der Waals surface area contributed by atoms with Crippen molar-refractivity contribution in [1.29, 1.82) is 0 Å². The van der Waals surface area contributed by atoms with Gasteiger partial charge < -0.3 is 25.9 Å². The Kier molecular flexibility index (Phi) is 19.7. The van der Waals surface area contributed by atoms with E-state index in [1.807, 2.05) is 0 Å². The number of carboxylic acids is 2. The molecule has 0 radical (unpaired) electrons. The van der Waals surface area contributed by atoms with E-state index in [4.69, 9.17) is 20.4 Å². The van der Waals surface area contributed by atoms with Crippen LogP contribution in [0, 0.1) is 0 Å². The molecule has 70 valence electrons. The first-order valence-electron chi connectivity index (χ1n) is 2.28. The number of aliphatic hydroxyl groups excluding tert-OH is 2. The second kappa shape index (κ2) is 10.9. The number of hydrogen-bond donors (Lipinski definition) is 4. The topological polar surface area (TPSA) is 147 Å². The van der Waals surface area contributed by atoms with Gasteiger partial charge in [-0.2, -0.15) is 0 Å². The molecule has 0 aliphatic heterocycles. The van der Waals surface area contributed by atoms with Gasteiger partial charge in [0.25, 0.3) is 0 Å². The normalized spacial score (nSPS) is 12.2. The molecule has 0 aromatic carbocycles. The van der Waals surface area contributed by atoms with Crippen LogP contribution in [0.25, 0.3) is 0 Å². The fourth-order valence-electron chi connectivity index (χ4n) is 0.270. The quantitative estimate of drug-likeness (QED) is 0.351. The zero-order valence-corrected chi connectivity index (χ0v) is 5.26. The molecule has 2 unspecified atom stereocenters. The van der Waals surface area contributed by atoms with Crippen molar-refractivity contribution in [2.75, 3.05) is 0 Å². The molecule has 9 heteroatoms. The molecule has 7 nitrogen and oxygen atoms in total. The summed E-state index contributed by atoms with van der Waals surface area (Å²) in [6.45, 7) is 0.